The van der Waals surface area contributed by atoms with Gasteiger partial charge in [-0.2, -0.15) is 0 Å². The zero-order valence-electron chi connectivity index (χ0n) is 9.30. The van der Waals surface area contributed by atoms with Crippen molar-refractivity contribution < 1.29 is 0 Å². The van der Waals surface area contributed by atoms with Crippen LogP contribution in [0.1, 0.15) is 25.8 Å². The second-order valence-corrected chi connectivity index (χ2v) is 3.97. The van der Waals surface area contributed by atoms with Gasteiger partial charge in [0.1, 0.15) is 0 Å². The van der Waals surface area contributed by atoms with Gasteiger partial charge in [-0.15, -0.1) is 0 Å². The Kier molecular flexibility index (Phi) is 3.81. The van der Waals surface area contributed by atoms with Gasteiger partial charge in [0.15, 0.2) is 0 Å². The molecule has 0 saturated carbocycles. The molecule has 3 N–H and O–H groups in total. The Balaban J connectivity index is 2.55. The van der Waals surface area contributed by atoms with Crippen molar-refractivity contribution in [2.45, 2.75) is 27.2 Å². The molecular formula is C12H20N2. The average molecular weight is 192 g/mol. The minimum absolute atomic E-state index is 0.716. The molecule has 14 heavy (non-hydrogen) atoms. The maximum atomic E-state index is 5.74. The summed E-state index contributed by atoms with van der Waals surface area (Å²) in [6.07, 6.45) is 1.21. The third kappa shape index (κ3) is 2.95. The maximum absolute atomic E-state index is 5.74. The van der Waals surface area contributed by atoms with Crippen molar-refractivity contribution in [3.05, 3.63) is 23.8 Å². The Morgan fingerprint density at radius 1 is 1.43 bits per heavy atom. The topological polar surface area (TPSA) is 38.0 Å². The van der Waals surface area contributed by atoms with E-state index >= 15 is 0 Å². The number of hydrogen-bond donors (Lipinski definition) is 2. The van der Waals surface area contributed by atoms with Crippen molar-refractivity contribution in [3.8, 4) is 0 Å². The highest BCUT2D eigenvalue weighted by atomic mass is 14.9. The number of hydrogen-bond acceptors (Lipinski definition) is 2. The molecule has 1 aromatic carbocycles. The Hall–Kier alpha value is -1.18. The van der Waals surface area contributed by atoms with Crippen LogP contribution in [0.25, 0.3) is 0 Å². The first-order valence-electron chi connectivity index (χ1n) is 5.23. The van der Waals surface area contributed by atoms with Crippen LogP contribution in [-0.2, 0) is 0 Å². The fourth-order valence-corrected chi connectivity index (χ4v) is 1.22. The van der Waals surface area contributed by atoms with Crippen molar-refractivity contribution in [3.63, 3.8) is 0 Å². The second kappa shape index (κ2) is 4.89. The third-order valence-electron chi connectivity index (χ3n) is 2.62. The maximum Gasteiger partial charge on any atom is 0.0345 e. The summed E-state index contributed by atoms with van der Waals surface area (Å²) in [5, 5.41) is 3.41. The Bertz CT molecular complexity index is 294. The van der Waals surface area contributed by atoms with E-state index in [1.54, 1.807) is 0 Å². The smallest absolute Gasteiger partial charge is 0.0345 e. The molecule has 0 fully saturated rings. The molecule has 0 aliphatic heterocycles. The number of aryl methyl sites for hydroxylation is 1. The zero-order valence-corrected chi connectivity index (χ0v) is 9.30. The SMILES string of the molecule is CCC(C)CNc1ccc(N)c(C)c1. The third-order valence-corrected chi connectivity index (χ3v) is 2.62. The molecule has 78 valence electrons. The molecule has 0 aromatic heterocycles. The lowest BCUT2D eigenvalue weighted by Crippen LogP contribution is -2.10. The Morgan fingerprint density at radius 2 is 2.14 bits per heavy atom. The van der Waals surface area contributed by atoms with Crippen molar-refractivity contribution in [1.82, 2.24) is 0 Å². The van der Waals surface area contributed by atoms with Crippen LogP contribution >= 0.6 is 0 Å². The summed E-state index contributed by atoms with van der Waals surface area (Å²) >= 11 is 0. The second-order valence-electron chi connectivity index (χ2n) is 3.97. The number of nitrogen functional groups attached to an aromatic ring is 1. The summed E-state index contributed by atoms with van der Waals surface area (Å²) in [7, 11) is 0. The lowest BCUT2D eigenvalue weighted by molar-refractivity contribution is 0.593. The first-order valence-corrected chi connectivity index (χ1v) is 5.23. The molecule has 2 heteroatoms. The quantitative estimate of drug-likeness (QED) is 0.720. The summed E-state index contributed by atoms with van der Waals surface area (Å²) in [5.74, 6) is 0.716. The number of benzene rings is 1. The van der Waals surface area contributed by atoms with Crippen molar-refractivity contribution >= 4 is 11.4 Å². The molecule has 0 amide bonds. The molecule has 0 heterocycles. The van der Waals surface area contributed by atoms with E-state index in [2.05, 4.69) is 25.2 Å². The summed E-state index contributed by atoms with van der Waals surface area (Å²) in [6, 6.07) is 6.08. The molecule has 1 rings (SSSR count). The van der Waals surface area contributed by atoms with Crippen molar-refractivity contribution in [2.75, 3.05) is 17.6 Å². The van der Waals surface area contributed by atoms with E-state index in [1.807, 2.05) is 19.1 Å². The van der Waals surface area contributed by atoms with Gasteiger partial charge in [-0.1, -0.05) is 20.3 Å². The van der Waals surface area contributed by atoms with E-state index < -0.39 is 0 Å². The van der Waals surface area contributed by atoms with Crippen LogP contribution in [-0.4, -0.2) is 6.54 Å². The van der Waals surface area contributed by atoms with Crippen molar-refractivity contribution in [2.24, 2.45) is 5.92 Å². The van der Waals surface area contributed by atoms with Gasteiger partial charge < -0.3 is 11.1 Å². The van der Waals surface area contributed by atoms with E-state index in [1.165, 1.54) is 6.42 Å². The molecule has 1 unspecified atom stereocenters. The number of anilines is 2. The molecule has 0 aliphatic carbocycles. The van der Waals surface area contributed by atoms with Gasteiger partial charge in [-0.05, 0) is 36.6 Å². The van der Waals surface area contributed by atoms with Crippen LogP contribution < -0.4 is 11.1 Å². The van der Waals surface area contributed by atoms with Gasteiger partial charge in [-0.3, -0.25) is 0 Å². The fraction of sp³-hybridized carbons (Fsp3) is 0.500. The predicted molar refractivity (Wildman–Crippen MR) is 63.5 cm³/mol. The van der Waals surface area contributed by atoms with E-state index in [-0.39, 0.29) is 0 Å². The van der Waals surface area contributed by atoms with E-state index in [4.69, 9.17) is 5.73 Å². The molecule has 2 nitrogen and oxygen atoms in total. The zero-order chi connectivity index (χ0) is 10.6. The largest absolute Gasteiger partial charge is 0.399 e. The first kappa shape index (κ1) is 10.9. The molecule has 0 aliphatic rings. The van der Waals surface area contributed by atoms with E-state index in [9.17, 15) is 0 Å². The highest BCUT2D eigenvalue weighted by Gasteiger charge is 1.99. The van der Waals surface area contributed by atoms with Gasteiger partial charge in [0, 0.05) is 17.9 Å². The van der Waals surface area contributed by atoms with Gasteiger partial charge in [0.2, 0.25) is 0 Å². The number of nitrogens with one attached hydrogen (secondary N) is 1. The van der Waals surface area contributed by atoms with Crippen LogP contribution in [0.2, 0.25) is 0 Å². The van der Waals surface area contributed by atoms with Crippen LogP contribution in [0, 0.1) is 12.8 Å². The summed E-state index contributed by atoms with van der Waals surface area (Å²) < 4.78 is 0. The monoisotopic (exact) mass is 192 g/mol. The minimum Gasteiger partial charge on any atom is -0.399 e. The van der Waals surface area contributed by atoms with Crippen LogP contribution in [0.3, 0.4) is 0 Å². The van der Waals surface area contributed by atoms with Gasteiger partial charge in [-0.25, -0.2) is 0 Å². The summed E-state index contributed by atoms with van der Waals surface area (Å²) in [4.78, 5) is 0. The highest BCUT2D eigenvalue weighted by molar-refractivity contribution is 5.56. The Labute approximate surface area is 86.5 Å². The Morgan fingerprint density at radius 3 is 2.71 bits per heavy atom. The molecule has 1 atom stereocenters. The molecule has 0 bridgehead atoms. The van der Waals surface area contributed by atoms with E-state index in [0.29, 0.717) is 5.92 Å². The molecule has 0 radical (unpaired) electrons. The fourth-order valence-electron chi connectivity index (χ4n) is 1.22. The van der Waals surface area contributed by atoms with Crippen LogP contribution in [0.4, 0.5) is 11.4 Å². The first-order chi connectivity index (χ1) is 6.63. The normalized spacial score (nSPS) is 12.5. The lowest BCUT2D eigenvalue weighted by atomic mass is 10.1. The average Bonchev–Trinajstić information content (AvgIpc) is 2.19. The minimum atomic E-state index is 0.716. The number of rotatable bonds is 4. The lowest BCUT2D eigenvalue weighted by Gasteiger charge is -2.12. The van der Waals surface area contributed by atoms with Crippen LogP contribution in [0.15, 0.2) is 18.2 Å². The van der Waals surface area contributed by atoms with Crippen LogP contribution in [0.5, 0.6) is 0 Å². The molecule has 0 spiro atoms. The van der Waals surface area contributed by atoms with Gasteiger partial charge in [0.25, 0.3) is 0 Å². The standard InChI is InChI=1S/C12H20N2/c1-4-9(2)8-14-11-5-6-12(13)10(3)7-11/h5-7,9,14H,4,8,13H2,1-3H3. The van der Waals surface area contributed by atoms with Crippen molar-refractivity contribution in [1.29, 1.82) is 0 Å². The molecule has 0 saturated heterocycles. The molecule has 1 aromatic rings. The summed E-state index contributed by atoms with van der Waals surface area (Å²) in [5.41, 5.74) is 8.91. The summed E-state index contributed by atoms with van der Waals surface area (Å²) in [6.45, 7) is 7.52. The van der Waals surface area contributed by atoms with Gasteiger partial charge in [0.05, 0.1) is 0 Å². The number of nitrogens with two attached hydrogens (primary N) is 1. The highest BCUT2D eigenvalue weighted by Crippen LogP contribution is 2.17. The predicted octanol–water partition coefficient (Wildman–Crippen LogP) is 3.04. The van der Waals surface area contributed by atoms with E-state index in [0.717, 1.165) is 23.5 Å². The molecular weight excluding hydrogens is 172 g/mol. The van der Waals surface area contributed by atoms with Gasteiger partial charge >= 0.3 is 0 Å².